The SMILES string of the molecule is c1ccc(-n2c3ccccc3c3ccc(-c4cc5c(cn4)oc4cnc(-c6ccc7c8ccnnc8n(-c8ccccc8)c7c6)cc45)cc32)cc1. The first-order valence-electron chi connectivity index (χ1n) is 16.9. The highest BCUT2D eigenvalue weighted by atomic mass is 16.3. The number of fused-ring (bicyclic) bond motifs is 9. The van der Waals surface area contributed by atoms with E-state index in [-0.39, 0.29) is 0 Å². The van der Waals surface area contributed by atoms with Gasteiger partial charge in [0.05, 0.1) is 46.5 Å². The number of pyridine rings is 2. The molecule has 0 bridgehead atoms. The lowest BCUT2D eigenvalue weighted by molar-refractivity contribution is 0.665. The Morgan fingerprint density at radius 2 is 0.980 bits per heavy atom. The Morgan fingerprint density at radius 1 is 0.431 bits per heavy atom. The lowest BCUT2D eigenvalue weighted by atomic mass is 10.0. The van der Waals surface area contributed by atoms with E-state index >= 15 is 0 Å². The number of benzene rings is 5. The second kappa shape index (κ2) is 10.7. The van der Waals surface area contributed by atoms with Gasteiger partial charge in [-0.1, -0.05) is 78.9 Å². The Bertz CT molecular complexity index is 2930. The topological polar surface area (TPSA) is 74.6 Å². The zero-order chi connectivity index (χ0) is 33.5. The molecule has 0 unspecified atom stereocenters. The van der Waals surface area contributed by atoms with E-state index in [4.69, 9.17) is 14.4 Å². The third-order valence-electron chi connectivity index (χ3n) is 9.98. The largest absolute Gasteiger partial charge is 0.453 e. The number of rotatable bonds is 4. The molecule has 0 aliphatic heterocycles. The Kier molecular flexibility index (Phi) is 5.83. The molecular formula is C44H26N6O. The van der Waals surface area contributed by atoms with Crippen LogP contribution in [0.2, 0.25) is 0 Å². The summed E-state index contributed by atoms with van der Waals surface area (Å²) in [5, 5.41) is 15.3. The molecule has 0 saturated heterocycles. The Labute approximate surface area is 290 Å². The second-order valence-corrected chi connectivity index (χ2v) is 12.8. The molecule has 0 amide bonds. The molecule has 0 aliphatic rings. The number of hydrogen-bond acceptors (Lipinski definition) is 5. The van der Waals surface area contributed by atoms with E-state index in [0.29, 0.717) is 0 Å². The van der Waals surface area contributed by atoms with Crippen molar-refractivity contribution >= 4 is 65.7 Å². The normalized spacial score (nSPS) is 11.9. The number of para-hydroxylation sites is 3. The van der Waals surface area contributed by atoms with Crippen molar-refractivity contribution in [3.05, 3.63) is 158 Å². The number of hydrogen-bond donors (Lipinski definition) is 0. The van der Waals surface area contributed by atoms with Crippen LogP contribution in [0.1, 0.15) is 0 Å². The van der Waals surface area contributed by atoms with E-state index in [9.17, 15) is 0 Å². The maximum atomic E-state index is 6.26. The van der Waals surface area contributed by atoms with E-state index in [1.165, 1.54) is 16.3 Å². The van der Waals surface area contributed by atoms with Crippen molar-refractivity contribution in [1.82, 2.24) is 29.3 Å². The Balaban J connectivity index is 1.07. The molecule has 0 atom stereocenters. The molecule has 0 radical (unpaired) electrons. The summed E-state index contributed by atoms with van der Waals surface area (Å²) in [6.07, 6.45) is 5.39. The summed E-state index contributed by atoms with van der Waals surface area (Å²) in [5.74, 6) is 0. The molecule has 238 valence electrons. The van der Waals surface area contributed by atoms with Crippen LogP contribution in [-0.2, 0) is 0 Å². The van der Waals surface area contributed by atoms with Crippen LogP contribution in [0.5, 0.6) is 0 Å². The first-order chi connectivity index (χ1) is 25.3. The highest BCUT2D eigenvalue weighted by Gasteiger charge is 2.18. The predicted octanol–water partition coefficient (Wildman–Crippen LogP) is 10.7. The van der Waals surface area contributed by atoms with Crippen LogP contribution in [0.15, 0.2) is 163 Å². The molecule has 11 rings (SSSR count). The Hall–Kier alpha value is -7.12. The van der Waals surface area contributed by atoms with Gasteiger partial charge in [0.15, 0.2) is 16.8 Å². The van der Waals surface area contributed by atoms with Gasteiger partial charge >= 0.3 is 0 Å². The van der Waals surface area contributed by atoms with Crippen molar-refractivity contribution in [2.75, 3.05) is 0 Å². The van der Waals surface area contributed by atoms with Gasteiger partial charge in [0.1, 0.15) is 0 Å². The summed E-state index contributed by atoms with van der Waals surface area (Å²) in [5.41, 5.74) is 11.6. The zero-order valence-corrected chi connectivity index (χ0v) is 27.1. The molecule has 0 saturated carbocycles. The van der Waals surface area contributed by atoms with Crippen LogP contribution in [0.4, 0.5) is 0 Å². The maximum absolute atomic E-state index is 6.26. The van der Waals surface area contributed by atoms with Crippen LogP contribution in [0.25, 0.3) is 99.6 Å². The van der Waals surface area contributed by atoms with Gasteiger partial charge in [-0.3, -0.25) is 14.5 Å². The molecule has 0 fully saturated rings. The summed E-state index contributed by atoms with van der Waals surface area (Å²) >= 11 is 0. The minimum Gasteiger partial charge on any atom is -0.453 e. The highest BCUT2D eigenvalue weighted by molar-refractivity contribution is 6.12. The summed E-state index contributed by atoms with van der Waals surface area (Å²) < 4.78 is 10.8. The van der Waals surface area contributed by atoms with Crippen molar-refractivity contribution in [1.29, 1.82) is 0 Å². The molecule has 11 aromatic rings. The maximum Gasteiger partial charge on any atom is 0.168 e. The fraction of sp³-hybridized carbons (Fsp3) is 0. The van der Waals surface area contributed by atoms with Gasteiger partial charge in [0, 0.05) is 54.8 Å². The molecule has 0 spiro atoms. The zero-order valence-electron chi connectivity index (χ0n) is 27.1. The van der Waals surface area contributed by atoms with Gasteiger partial charge in [-0.05, 0) is 60.7 Å². The molecule has 0 N–H and O–H groups in total. The molecular weight excluding hydrogens is 629 g/mol. The van der Waals surface area contributed by atoms with E-state index < -0.39 is 0 Å². The van der Waals surface area contributed by atoms with E-state index in [2.05, 4.69) is 135 Å². The van der Waals surface area contributed by atoms with Gasteiger partial charge in [-0.2, -0.15) is 5.10 Å². The second-order valence-electron chi connectivity index (χ2n) is 12.8. The van der Waals surface area contributed by atoms with Crippen molar-refractivity contribution in [3.63, 3.8) is 0 Å². The number of nitrogens with zero attached hydrogens (tertiary/aromatic N) is 6. The van der Waals surface area contributed by atoms with Crippen LogP contribution < -0.4 is 0 Å². The summed E-state index contributed by atoms with van der Waals surface area (Å²) in [6, 6.07) is 48.7. The van der Waals surface area contributed by atoms with Crippen LogP contribution in [0.3, 0.4) is 0 Å². The third kappa shape index (κ3) is 4.18. The lowest BCUT2D eigenvalue weighted by Gasteiger charge is -2.08. The predicted molar refractivity (Wildman–Crippen MR) is 204 cm³/mol. The average molecular weight is 655 g/mol. The average Bonchev–Trinajstić information content (AvgIpc) is 3.85. The molecule has 7 heteroatoms. The van der Waals surface area contributed by atoms with Gasteiger partial charge in [0.2, 0.25) is 0 Å². The molecule has 6 heterocycles. The first kappa shape index (κ1) is 27.8. The van der Waals surface area contributed by atoms with Crippen molar-refractivity contribution in [3.8, 4) is 33.9 Å². The fourth-order valence-electron chi connectivity index (χ4n) is 7.64. The molecule has 0 aliphatic carbocycles. The van der Waals surface area contributed by atoms with E-state index in [1.54, 1.807) is 6.20 Å². The molecule has 6 aromatic heterocycles. The number of aromatic nitrogens is 6. The van der Waals surface area contributed by atoms with Crippen LogP contribution in [-0.4, -0.2) is 29.3 Å². The summed E-state index contributed by atoms with van der Waals surface area (Å²) in [7, 11) is 0. The van der Waals surface area contributed by atoms with Gasteiger partial charge in [-0.25, -0.2) is 0 Å². The molecule has 7 nitrogen and oxygen atoms in total. The minimum absolute atomic E-state index is 0.724. The van der Waals surface area contributed by atoms with E-state index in [1.807, 2.05) is 36.7 Å². The van der Waals surface area contributed by atoms with E-state index in [0.717, 1.165) is 83.3 Å². The lowest BCUT2D eigenvalue weighted by Crippen LogP contribution is -1.96. The minimum atomic E-state index is 0.724. The summed E-state index contributed by atoms with van der Waals surface area (Å²) in [6.45, 7) is 0. The quantitative estimate of drug-likeness (QED) is 0.189. The Morgan fingerprint density at radius 3 is 1.65 bits per heavy atom. The third-order valence-corrected chi connectivity index (χ3v) is 9.98. The molecule has 5 aromatic carbocycles. The van der Waals surface area contributed by atoms with Crippen molar-refractivity contribution in [2.24, 2.45) is 0 Å². The smallest absolute Gasteiger partial charge is 0.168 e. The number of furan rings is 1. The van der Waals surface area contributed by atoms with Gasteiger partial charge < -0.3 is 8.98 Å². The van der Waals surface area contributed by atoms with Crippen LogP contribution >= 0.6 is 0 Å². The van der Waals surface area contributed by atoms with Crippen molar-refractivity contribution in [2.45, 2.75) is 0 Å². The summed E-state index contributed by atoms with van der Waals surface area (Å²) in [4.78, 5) is 9.73. The van der Waals surface area contributed by atoms with Crippen LogP contribution in [0, 0.1) is 0 Å². The van der Waals surface area contributed by atoms with Gasteiger partial charge in [-0.15, -0.1) is 5.10 Å². The first-order valence-corrected chi connectivity index (χ1v) is 16.9. The highest BCUT2D eigenvalue weighted by Crippen LogP contribution is 2.38. The monoisotopic (exact) mass is 654 g/mol. The van der Waals surface area contributed by atoms with Gasteiger partial charge in [0.25, 0.3) is 0 Å². The van der Waals surface area contributed by atoms with Crippen molar-refractivity contribution < 1.29 is 4.42 Å². The standard InChI is InChI=1S/C44H26N6O/c1-3-9-29(10-4-1)49-39-14-8-7-13-31(39)32-17-15-27(21-40(32)49)37-23-35-36-24-38(46-26-43(36)51-42(35)25-45-37)28-16-18-33-34-19-20-47-48-44(34)50(41(33)22-28)30-11-5-2-6-12-30/h1-26H. The molecule has 51 heavy (non-hydrogen) atoms. The fourth-order valence-corrected chi connectivity index (χ4v) is 7.64.